The maximum absolute atomic E-state index is 6.26. The predicted molar refractivity (Wildman–Crippen MR) is 222 cm³/mol. The first kappa shape index (κ1) is 31.4. The van der Waals surface area contributed by atoms with Crippen LogP contribution in [0.4, 0.5) is 11.4 Å². The highest BCUT2D eigenvalue weighted by atomic mass is 16.3. The molecule has 8 aromatic rings. The Morgan fingerprint density at radius 1 is 0.453 bits per heavy atom. The number of nitrogens with zero attached hydrogens (tertiary/aromatic N) is 1. The number of furan rings is 1. The van der Waals surface area contributed by atoms with E-state index in [4.69, 9.17) is 4.42 Å². The minimum Gasteiger partial charge on any atom is -0.456 e. The molecule has 0 saturated heterocycles. The van der Waals surface area contributed by atoms with E-state index in [2.05, 4.69) is 183 Å². The van der Waals surface area contributed by atoms with Gasteiger partial charge in [0.15, 0.2) is 0 Å². The first-order chi connectivity index (χ1) is 26.0. The summed E-state index contributed by atoms with van der Waals surface area (Å²) in [6.45, 7) is 4.72. The summed E-state index contributed by atoms with van der Waals surface area (Å²) >= 11 is 0. The molecule has 0 radical (unpaired) electrons. The number of hydrogen-bond donors (Lipinski definition) is 0. The number of rotatable bonds is 6. The van der Waals surface area contributed by atoms with E-state index in [0.29, 0.717) is 0 Å². The van der Waals surface area contributed by atoms with Crippen LogP contribution in [0.25, 0.3) is 60.9 Å². The lowest BCUT2D eigenvalue weighted by Gasteiger charge is -2.31. The molecule has 0 saturated carbocycles. The van der Waals surface area contributed by atoms with E-state index >= 15 is 0 Å². The van der Waals surface area contributed by atoms with Gasteiger partial charge in [-0.15, -0.1) is 0 Å². The molecule has 7 aromatic carbocycles. The van der Waals surface area contributed by atoms with Crippen molar-refractivity contribution in [3.8, 4) is 33.4 Å². The van der Waals surface area contributed by atoms with Gasteiger partial charge in [-0.1, -0.05) is 135 Å². The van der Waals surface area contributed by atoms with Crippen molar-refractivity contribution in [2.75, 3.05) is 4.90 Å². The summed E-state index contributed by atoms with van der Waals surface area (Å²) in [5, 5.41) is 2.33. The topological polar surface area (TPSA) is 16.4 Å². The smallest absolute Gasteiger partial charge is 0.136 e. The van der Waals surface area contributed by atoms with E-state index in [1.807, 2.05) is 12.1 Å². The highest BCUT2D eigenvalue weighted by Gasteiger charge is 2.36. The van der Waals surface area contributed by atoms with E-state index in [0.717, 1.165) is 29.7 Å². The monoisotopic (exact) mass is 681 g/mol. The van der Waals surface area contributed by atoms with Crippen molar-refractivity contribution >= 4 is 38.9 Å². The quantitative estimate of drug-likeness (QED) is 0.174. The summed E-state index contributed by atoms with van der Waals surface area (Å²) in [6.07, 6.45) is 6.50. The first-order valence-corrected chi connectivity index (χ1v) is 18.6. The van der Waals surface area contributed by atoms with Crippen molar-refractivity contribution in [1.82, 2.24) is 0 Å². The van der Waals surface area contributed by atoms with Crippen LogP contribution in [0.15, 0.2) is 186 Å². The Balaban J connectivity index is 1.04. The molecule has 2 nitrogen and oxygen atoms in total. The van der Waals surface area contributed by atoms with Crippen LogP contribution in [0.3, 0.4) is 0 Å². The number of fused-ring (bicyclic) bond motifs is 6. The first-order valence-electron chi connectivity index (χ1n) is 18.6. The van der Waals surface area contributed by atoms with Gasteiger partial charge in [0.25, 0.3) is 0 Å². The molecule has 0 unspecified atom stereocenters. The lowest BCUT2D eigenvalue weighted by molar-refractivity contribution is 0.660. The fraction of sp³-hybridized carbons (Fsp3) is 0.0980. The third-order valence-electron chi connectivity index (χ3n) is 11.4. The van der Waals surface area contributed by atoms with Crippen LogP contribution in [0, 0.1) is 0 Å². The minimum atomic E-state index is -0.0788. The van der Waals surface area contributed by atoms with Crippen LogP contribution < -0.4 is 4.90 Å². The van der Waals surface area contributed by atoms with Crippen LogP contribution in [0.5, 0.6) is 0 Å². The van der Waals surface area contributed by atoms with Gasteiger partial charge in [-0.3, -0.25) is 0 Å². The molecule has 1 heterocycles. The van der Waals surface area contributed by atoms with Gasteiger partial charge in [0, 0.05) is 33.3 Å². The van der Waals surface area contributed by atoms with E-state index in [-0.39, 0.29) is 5.41 Å². The van der Waals surface area contributed by atoms with Gasteiger partial charge in [-0.05, 0) is 123 Å². The van der Waals surface area contributed by atoms with E-state index in [9.17, 15) is 0 Å². The molecule has 0 amide bonds. The van der Waals surface area contributed by atoms with E-state index in [1.165, 1.54) is 77.8 Å². The fourth-order valence-corrected chi connectivity index (χ4v) is 8.60. The maximum Gasteiger partial charge on any atom is 0.136 e. The van der Waals surface area contributed by atoms with Crippen LogP contribution >= 0.6 is 0 Å². The van der Waals surface area contributed by atoms with Gasteiger partial charge in [0.05, 0.1) is 0 Å². The molecule has 254 valence electrons. The summed E-state index contributed by atoms with van der Waals surface area (Å²) in [7, 11) is 0. The normalized spacial score (nSPS) is 14.5. The predicted octanol–water partition coefficient (Wildman–Crippen LogP) is 14.1. The summed E-state index contributed by atoms with van der Waals surface area (Å²) in [5.74, 6) is 0. The van der Waals surface area contributed by atoms with Crippen molar-refractivity contribution in [2.24, 2.45) is 0 Å². The Morgan fingerprint density at radius 3 is 1.92 bits per heavy atom. The number of hydrogen-bond acceptors (Lipinski definition) is 2. The Bertz CT molecular complexity index is 2740. The zero-order valence-electron chi connectivity index (χ0n) is 30.0. The van der Waals surface area contributed by atoms with Gasteiger partial charge < -0.3 is 9.32 Å². The highest BCUT2D eigenvalue weighted by molar-refractivity contribution is 6.05. The van der Waals surface area contributed by atoms with Crippen molar-refractivity contribution < 1.29 is 4.42 Å². The molecule has 0 N–H and O–H groups in total. The van der Waals surface area contributed by atoms with Crippen LogP contribution in [-0.2, 0) is 5.41 Å². The largest absolute Gasteiger partial charge is 0.456 e. The lowest BCUT2D eigenvalue weighted by Crippen LogP contribution is -2.20. The van der Waals surface area contributed by atoms with Crippen molar-refractivity contribution in [1.29, 1.82) is 0 Å². The van der Waals surface area contributed by atoms with Crippen LogP contribution in [0.1, 0.15) is 43.4 Å². The summed E-state index contributed by atoms with van der Waals surface area (Å²) in [6, 6.07) is 59.5. The third kappa shape index (κ3) is 5.33. The summed E-state index contributed by atoms with van der Waals surface area (Å²) in [4.78, 5) is 2.47. The van der Waals surface area contributed by atoms with Gasteiger partial charge in [0.2, 0.25) is 0 Å². The van der Waals surface area contributed by atoms with Gasteiger partial charge in [-0.25, -0.2) is 0 Å². The minimum absolute atomic E-state index is 0.0788. The molecule has 0 atom stereocenters. The molecular formula is C51H39NO. The zero-order valence-corrected chi connectivity index (χ0v) is 30.0. The van der Waals surface area contributed by atoms with E-state index in [1.54, 1.807) is 0 Å². The number of para-hydroxylation sites is 1. The number of allylic oxidation sites excluding steroid dienone is 4. The average Bonchev–Trinajstić information content (AvgIpc) is 3.70. The SMILES string of the molecule is CC1(C)c2ccccc2-c2ccc(N(C3=CC=C(c4ccc5c(c4)oc4ccccc45)CC3)c3ccc(-c4cccc(-c5ccccc5)c4)cc3)cc21. The molecule has 1 aromatic heterocycles. The van der Waals surface area contributed by atoms with Crippen LogP contribution in [0.2, 0.25) is 0 Å². The molecule has 2 aliphatic rings. The second-order valence-electron chi connectivity index (χ2n) is 14.9. The van der Waals surface area contributed by atoms with Gasteiger partial charge in [-0.2, -0.15) is 0 Å². The molecule has 10 rings (SSSR count). The molecule has 2 heteroatoms. The second kappa shape index (κ2) is 12.4. The maximum atomic E-state index is 6.26. The third-order valence-corrected chi connectivity index (χ3v) is 11.4. The fourth-order valence-electron chi connectivity index (χ4n) is 8.60. The lowest BCUT2D eigenvalue weighted by atomic mass is 9.82. The summed E-state index contributed by atoms with van der Waals surface area (Å²) < 4.78 is 6.26. The molecule has 0 spiro atoms. The standard InChI is InChI=1S/C51H39NO/c1-51(2)47-17-8-6-15-43(47)44-30-28-42(33-48(44)51)52(40-24-19-35(20-25-40)38-14-10-13-37(31-38)34-11-4-3-5-12-34)41-26-21-36(22-27-41)39-23-29-46-45-16-7-9-18-49(45)53-50(46)32-39/h3-21,23-26,28-33H,22,27H2,1-2H3. The Hall–Kier alpha value is -6.38. The number of anilines is 2. The Labute approximate surface area is 311 Å². The van der Waals surface area contributed by atoms with Crippen molar-refractivity contribution in [3.63, 3.8) is 0 Å². The number of benzene rings is 7. The Morgan fingerprint density at radius 2 is 1.11 bits per heavy atom. The van der Waals surface area contributed by atoms with Gasteiger partial charge in [0.1, 0.15) is 11.2 Å². The Kier molecular flexibility index (Phi) is 7.33. The molecule has 0 aliphatic heterocycles. The molecule has 0 bridgehead atoms. The zero-order chi connectivity index (χ0) is 35.5. The van der Waals surface area contributed by atoms with Gasteiger partial charge >= 0.3 is 0 Å². The molecule has 0 fully saturated rings. The van der Waals surface area contributed by atoms with E-state index < -0.39 is 0 Å². The molecule has 2 aliphatic carbocycles. The second-order valence-corrected chi connectivity index (χ2v) is 14.9. The molecular weight excluding hydrogens is 643 g/mol. The molecule has 53 heavy (non-hydrogen) atoms. The average molecular weight is 682 g/mol. The van der Waals surface area contributed by atoms with Crippen LogP contribution in [-0.4, -0.2) is 0 Å². The van der Waals surface area contributed by atoms with Crippen molar-refractivity contribution in [2.45, 2.75) is 32.1 Å². The summed E-state index contributed by atoms with van der Waals surface area (Å²) in [5.41, 5.74) is 18.3. The van der Waals surface area contributed by atoms with Crippen molar-refractivity contribution in [3.05, 3.63) is 198 Å². The highest BCUT2D eigenvalue weighted by Crippen LogP contribution is 2.50.